The number of likely N-dealkylation sites (N-methyl/N-ethyl adjacent to an activating group) is 1. The molecule has 1 aliphatic rings. The van der Waals surface area contributed by atoms with Crippen LogP contribution in [0.1, 0.15) is 19.3 Å². The Balaban J connectivity index is 2.07. The molecule has 0 unspecified atom stereocenters. The third-order valence-corrected chi connectivity index (χ3v) is 3.24. The maximum Gasteiger partial charge on any atom is 0.233 e. The summed E-state index contributed by atoms with van der Waals surface area (Å²) in [5.74, 6) is 0.0985. The molecule has 2 N–H and O–H groups in total. The number of nitrogens with one attached hydrogen (secondary N) is 1. The van der Waals surface area contributed by atoms with E-state index in [1.165, 1.54) is 0 Å². The van der Waals surface area contributed by atoms with Crippen molar-refractivity contribution in [1.29, 1.82) is 0 Å². The van der Waals surface area contributed by atoms with Crippen molar-refractivity contribution in [2.75, 3.05) is 52.9 Å². The minimum Gasteiger partial charge on any atom is -0.396 e. The maximum atomic E-state index is 11.2. The Labute approximate surface area is 104 Å². The summed E-state index contributed by atoms with van der Waals surface area (Å²) in [5.41, 5.74) is 0. The summed E-state index contributed by atoms with van der Waals surface area (Å²) in [6, 6.07) is 0. The Morgan fingerprint density at radius 2 is 1.76 bits per heavy atom. The molecule has 0 aromatic rings. The molecule has 0 atom stereocenters. The van der Waals surface area contributed by atoms with Crippen molar-refractivity contribution in [1.82, 2.24) is 15.1 Å². The molecule has 0 aromatic carbocycles. The van der Waals surface area contributed by atoms with E-state index in [-0.39, 0.29) is 5.91 Å². The molecule has 1 heterocycles. The van der Waals surface area contributed by atoms with Crippen molar-refractivity contribution < 1.29 is 9.90 Å². The Kier molecular flexibility index (Phi) is 7.16. The van der Waals surface area contributed by atoms with E-state index in [0.29, 0.717) is 13.2 Å². The summed E-state index contributed by atoms with van der Waals surface area (Å²) < 4.78 is 0. The third kappa shape index (κ3) is 6.00. The van der Waals surface area contributed by atoms with E-state index < -0.39 is 0 Å². The van der Waals surface area contributed by atoms with Gasteiger partial charge in [0, 0.05) is 39.8 Å². The number of aliphatic hydroxyl groups excluding tert-OH is 1. The Morgan fingerprint density at radius 1 is 1.12 bits per heavy atom. The number of aliphatic hydroxyl groups is 1. The number of nitrogens with zero attached hydrogens (tertiary/aromatic N) is 2. The van der Waals surface area contributed by atoms with Gasteiger partial charge in [0.25, 0.3) is 0 Å². The number of amides is 1. The normalized spacial score (nSPS) is 18.2. The second kappa shape index (κ2) is 8.44. The highest BCUT2D eigenvalue weighted by molar-refractivity contribution is 5.77. The SMILES string of the molecule is CNC(=O)CN1CCN(CCCCCO)CC1. The summed E-state index contributed by atoms with van der Waals surface area (Å²) in [7, 11) is 1.68. The number of rotatable bonds is 7. The Morgan fingerprint density at radius 3 is 2.35 bits per heavy atom. The lowest BCUT2D eigenvalue weighted by molar-refractivity contribution is -0.122. The van der Waals surface area contributed by atoms with E-state index in [4.69, 9.17) is 5.11 Å². The summed E-state index contributed by atoms with van der Waals surface area (Å²) in [4.78, 5) is 15.9. The first kappa shape index (κ1) is 14.4. The number of carbonyl (C=O) groups excluding carboxylic acids is 1. The zero-order valence-corrected chi connectivity index (χ0v) is 10.8. The van der Waals surface area contributed by atoms with Gasteiger partial charge in [-0.3, -0.25) is 9.69 Å². The van der Waals surface area contributed by atoms with Crippen molar-refractivity contribution in [2.24, 2.45) is 0 Å². The van der Waals surface area contributed by atoms with Crippen molar-refractivity contribution in [3.8, 4) is 0 Å². The lowest BCUT2D eigenvalue weighted by Crippen LogP contribution is -2.49. The molecule has 5 nitrogen and oxygen atoms in total. The lowest BCUT2D eigenvalue weighted by atomic mass is 10.2. The Bertz CT molecular complexity index is 216. The monoisotopic (exact) mass is 243 g/mol. The second-order valence-corrected chi connectivity index (χ2v) is 4.58. The van der Waals surface area contributed by atoms with Crippen LogP contribution in [-0.4, -0.2) is 73.7 Å². The van der Waals surface area contributed by atoms with Crippen LogP contribution in [0.4, 0.5) is 0 Å². The first-order valence-electron chi connectivity index (χ1n) is 6.52. The predicted molar refractivity (Wildman–Crippen MR) is 67.9 cm³/mol. The van der Waals surface area contributed by atoms with Gasteiger partial charge in [0.05, 0.1) is 6.54 Å². The molecular formula is C12H25N3O2. The molecule has 0 spiro atoms. The van der Waals surface area contributed by atoms with Crippen LogP contribution in [-0.2, 0) is 4.79 Å². The minimum absolute atomic E-state index is 0.0985. The maximum absolute atomic E-state index is 11.2. The summed E-state index contributed by atoms with van der Waals surface area (Å²) in [6.07, 6.45) is 3.18. The summed E-state index contributed by atoms with van der Waals surface area (Å²) in [5, 5.41) is 11.3. The topological polar surface area (TPSA) is 55.8 Å². The smallest absolute Gasteiger partial charge is 0.233 e. The number of hydrogen-bond donors (Lipinski definition) is 2. The molecule has 0 saturated carbocycles. The highest BCUT2D eigenvalue weighted by atomic mass is 16.2. The number of carbonyl (C=O) groups is 1. The molecule has 0 aliphatic carbocycles. The van der Waals surface area contributed by atoms with E-state index in [0.717, 1.165) is 52.0 Å². The van der Waals surface area contributed by atoms with Gasteiger partial charge in [-0.05, 0) is 25.8 Å². The summed E-state index contributed by atoms with van der Waals surface area (Å²) in [6.45, 7) is 6.01. The molecule has 1 saturated heterocycles. The van der Waals surface area contributed by atoms with Crippen molar-refractivity contribution in [3.05, 3.63) is 0 Å². The van der Waals surface area contributed by atoms with Gasteiger partial charge in [-0.15, -0.1) is 0 Å². The van der Waals surface area contributed by atoms with Gasteiger partial charge in [-0.25, -0.2) is 0 Å². The molecule has 0 aromatic heterocycles. The molecule has 1 aliphatic heterocycles. The van der Waals surface area contributed by atoms with Crippen LogP contribution < -0.4 is 5.32 Å². The van der Waals surface area contributed by atoms with E-state index in [1.807, 2.05) is 0 Å². The van der Waals surface area contributed by atoms with Gasteiger partial charge in [0.2, 0.25) is 5.91 Å². The van der Waals surface area contributed by atoms with Gasteiger partial charge in [0.1, 0.15) is 0 Å². The fourth-order valence-corrected chi connectivity index (χ4v) is 2.08. The van der Waals surface area contributed by atoms with Crippen molar-refractivity contribution in [2.45, 2.75) is 19.3 Å². The first-order chi connectivity index (χ1) is 8.26. The van der Waals surface area contributed by atoms with E-state index in [9.17, 15) is 4.79 Å². The van der Waals surface area contributed by atoms with E-state index in [2.05, 4.69) is 15.1 Å². The number of hydrogen-bond acceptors (Lipinski definition) is 4. The van der Waals surface area contributed by atoms with Gasteiger partial charge < -0.3 is 15.3 Å². The lowest BCUT2D eigenvalue weighted by Gasteiger charge is -2.34. The quantitative estimate of drug-likeness (QED) is 0.593. The van der Waals surface area contributed by atoms with Crippen LogP contribution in [0, 0.1) is 0 Å². The second-order valence-electron chi connectivity index (χ2n) is 4.58. The minimum atomic E-state index is 0.0985. The third-order valence-electron chi connectivity index (χ3n) is 3.24. The highest BCUT2D eigenvalue weighted by Gasteiger charge is 2.17. The van der Waals surface area contributed by atoms with E-state index in [1.54, 1.807) is 7.05 Å². The predicted octanol–water partition coefficient (Wildman–Crippen LogP) is -0.487. The van der Waals surface area contributed by atoms with E-state index >= 15 is 0 Å². The van der Waals surface area contributed by atoms with Crippen LogP contribution in [0.5, 0.6) is 0 Å². The summed E-state index contributed by atoms with van der Waals surface area (Å²) >= 11 is 0. The van der Waals surface area contributed by atoms with Gasteiger partial charge in [-0.1, -0.05) is 0 Å². The molecule has 0 bridgehead atoms. The van der Waals surface area contributed by atoms with Crippen LogP contribution >= 0.6 is 0 Å². The number of piperazine rings is 1. The highest BCUT2D eigenvalue weighted by Crippen LogP contribution is 2.04. The zero-order valence-electron chi connectivity index (χ0n) is 10.8. The first-order valence-corrected chi connectivity index (χ1v) is 6.52. The average molecular weight is 243 g/mol. The molecule has 100 valence electrons. The molecule has 1 fully saturated rings. The van der Waals surface area contributed by atoms with Gasteiger partial charge >= 0.3 is 0 Å². The zero-order chi connectivity index (χ0) is 12.5. The molecule has 1 amide bonds. The number of unbranched alkanes of at least 4 members (excludes halogenated alkanes) is 2. The largest absolute Gasteiger partial charge is 0.396 e. The Hall–Kier alpha value is -0.650. The van der Waals surface area contributed by atoms with Crippen LogP contribution in [0.3, 0.4) is 0 Å². The van der Waals surface area contributed by atoms with Crippen LogP contribution in [0.25, 0.3) is 0 Å². The van der Waals surface area contributed by atoms with Gasteiger partial charge in [-0.2, -0.15) is 0 Å². The van der Waals surface area contributed by atoms with Crippen LogP contribution in [0.2, 0.25) is 0 Å². The molecular weight excluding hydrogens is 218 g/mol. The molecule has 0 radical (unpaired) electrons. The molecule has 5 heteroatoms. The standard InChI is InChI=1S/C12H25N3O2/c1-13-12(17)11-15-8-6-14(7-9-15)5-3-2-4-10-16/h16H,2-11H2,1H3,(H,13,17). The molecule has 17 heavy (non-hydrogen) atoms. The average Bonchev–Trinajstić information content (AvgIpc) is 2.36. The fraction of sp³-hybridized carbons (Fsp3) is 0.917. The van der Waals surface area contributed by atoms with Crippen LogP contribution in [0.15, 0.2) is 0 Å². The van der Waals surface area contributed by atoms with Crippen molar-refractivity contribution >= 4 is 5.91 Å². The van der Waals surface area contributed by atoms with Crippen molar-refractivity contribution in [3.63, 3.8) is 0 Å². The fourth-order valence-electron chi connectivity index (χ4n) is 2.08. The van der Waals surface area contributed by atoms with Gasteiger partial charge in [0.15, 0.2) is 0 Å². The molecule has 1 rings (SSSR count).